The minimum atomic E-state index is 1.11. The second-order valence-corrected chi connectivity index (χ2v) is 3.13. The molecule has 0 aliphatic heterocycles. The molecule has 0 aromatic carbocycles. The zero-order chi connectivity index (χ0) is 8.36. The molecule has 0 aliphatic carbocycles. The Morgan fingerprint density at radius 1 is 1.00 bits per heavy atom. The minimum absolute atomic E-state index is 1.11. The SMILES string of the molecule is [CH2]CCCCCC[CH]CCC. The lowest BCUT2D eigenvalue weighted by Gasteiger charge is -1.98. The molecule has 11 heavy (non-hydrogen) atoms. The average molecular weight is 154 g/mol. The fraction of sp³-hybridized carbons (Fsp3) is 0.818. The topological polar surface area (TPSA) is 0 Å². The van der Waals surface area contributed by atoms with Gasteiger partial charge in [-0.1, -0.05) is 65.2 Å². The van der Waals surface area contributed by atoms with Gasteiger partial charge in [0.15, 0.2) is 0 Å². The summed E-state index contributed by atoms with van der Waals surface area (Å²) in [7, 11) is 0. The van der Waals surface area contributed by atoms with Crippen LogP contribution in [0.5, 0.6) is 0 Å². The molecule has 0 aromatic rings. The fourth-order valence-corrected chi connectivity index (χ4v) is 1.17. The normalized spacial score (nSPS) is 10.4. The maximum Gasteiger partial charge on any atom is -0.0386 e. The zero-order valence-electron chi connectivity index (χ0n) is 7.94. The summed E-state index contributed by atoms with van der Waals surface area (Å²) in [6.07, 6.45) is 12.9. The molecule has 0 rings (SSSR count). The van der Waals surface area contributed by atoms with Gasteiger partial charge in [-0.2, -0.15) is 0 Å². The summed E-state index contributed by atoms with van der Waals surface area (Å²) >= 11 is 0. The van der Waals surface area contributed by atoms with E-state index in [1.807, 2.05) is 0 Å². The highest BCUT2D eigenvalue weighted by molar-refractivity contribution is 4.62. The Labute approximate surface area is 72.4 Å². The first-order valence-electron chi connectivity index (χ1n) is 5.02. The molecule has 0 spiro atoms. The molecule has 0 aliphatic rings. The van der Waals surface area contributed by atoms with E-state index in [2.05, 4.69) is 20.3 Å². The van der Waals surface area contributed by atoms with E-state index < -0.39 is 0 Å². The second-order valence-electron chi connectivity index (χ2n) is 3.13. The molecule has 0 N–H and O–H groups in total. The Hall–Kier alpha value is 0. The third-order valence-electron chi connectivity index (χ3n) is 1.90. The summed E-state index contributed by atoms with van der Waals surface area (Å²) in [5.74, 6) is 0. The van der Waals surface area contributed by atoms with Crippen LogP contribution in [0.4, 0.5) is 0 Å². The van der Waals surface area contributed by atoms with Crippen LogP contribution < -0.4 is 0 Å². The molecular formula is C11H22. The van der Waals surface area contributed by atoms with Gasteiger partial charge in [0.1, 0.15) is 0 Å². The predicted octanol–water partition coefficient (Wildman–Crippen LogP) is 4.17. The van der Waals surface area contributed by atoms with Crippen molar-refractivity contribution in [3.8, 4) is 0 Å². The lowest BCUT2D eigenvalue weighted by atomic mass is 10.1. The molecule has 0 saturated carbocycles. The van der Waals surface area contributed by atoms with Crippen molar-refractivity contribution in [1.29, 1.82) is 0 Å². The summed E-state index contributed by atoms with van der Waals surface area (Å²) in [5, 5.41) is 0. The minimum Gasteiger partial charge on any atom is -0.0654 e. The van der Waals surface area contributed by atoms with Crippen LogP contribution in [0.25, 0.3) is 0 Å². The second kappa shape index (κ2) is 10.0. The summed E-state index contributed by atoms with van der Waals surface area (Å²) < 4.78 is 0. The van der Waals surface area contributed by atoms with Gasteiger partial charge in [0.25, 0.3) is 0 Å². The average Bonchev–Trinajstić information content (AvgIpc) is 2.03. The van der Waals surface area contributed by atoms with Crippen LogP contribution in [-0.4, -0.2) is 0 Å². The van der Waals surface area contributed by atoms with Crippen molar-refractivity contribution in [3.05, 3.63) is 13.3 Å². The van der Waals surface area contributed by atoms with Gasteiger partial charge in [-0.15, -0.1) is 0 Å². The number of rotatable bonds is 8. The molecule has 0 fully saturated rings. The van der Waals surface area contributed by atoms with E-state index >= 15 is 0 Å². The van der Waals surface area contributed by atoms with Crippen molar-refractivity contribution in [2.45, 2.75) is 58.3 Å². The Morgan fingerprint density at radius 3 is 2.36 bits per heavy atom. The molecule has 0 nitrogen and oxygen atoms in total. The van der Waals surface area contributed by atoms with Gasteiger partial charge < -0.3 is 0 Å². The van der Waals surface area contributed by atoms with Crippen LogP contribution in [0.2, 0.25) is 0 Å². The molecule has 0 heteroatoms. The third kappa shape index (κ3) is 10.0. The summed E-state index contributed by atoms with van der Waals surface area (Å²) in [6.45, 7) is 6.06. The van der Waals surface area contributed by atoms with E-state index in [4.69, 9.17) is 0 Å². The first-order valence-corrected chi connectivity index (χ1v) is 5.02. The van der Waals surface area contributed by atoms with Gasteiger partial charge in [0, 0.05) is 0 Å². The van der Waals surface area contributed by atoms with E-state index in [-0.39, 0.29) is 0 Å². The van der Waals surface area contributed by atoms with Crippen molar-refractivity contribution in [2.75, 3.05) is 0 Å². The molecule has 0 saturated heterocycles. The highest BCUT2D eigenvalue weighted by Crippen LogP contribution is 2.07. The van der Waals surface area contributed by atoms with E-state index in [9.17, 15) is 0 Å². The van der Waals surface area contributed by atoms with Crippen molar-refractivity contribution in [2.24, 2.45) is 0 Å². The maximum atomic E-state index is 3.83. The van der Waals surface area contributed by atoms with Crippen LogP contribution in [0, 0.1) is 13.3 Å². The smallest absolute Gasteiger partial charge is 0.0386 e. The van der Waals surface area contributed by atoms with E-state index in [0.717, 1.165) is 6.42 Å². The Morgan fingerprint density at radius 2 is 1.73 bits per heavy atom. The standard InChI is InChI=1S/C11H22/c1-3-5-7-9-11-10-8-6-4-2/h8H,1,3-7,9-11H2,2H3. The molecule has 2 radical (unpaired) electrons. The zero-order valence-corrected chi connectivity index (χ0v) is 7.94. The first-order chi connectivity index (χ1) is 5.41. The van der Waals surface area contributed by atoms with Crippen molar-refractivity contribution >= 4 is 0 Å². The molecule has 0 unspecified atom stereocenters. The number of unbranched alkanes of at least 4 members (excludes halogenated alkanes) is 8. The molecule has 0 aromatic heterocycles. The van der Waals surface area contributed by atoms with Crippen LogP contribution in [0.3, 0.4) is 0 Å². The van der Waals surface area contributed by atoms with Gasteiger partial charge >= 0.3 is 0 Å². The fourth-order valence-electron chi connectivity index (χ4n) is 1.17. The van der Waals surface area contributed by atoms with Gasteiger partial charge in [-0.25, -0.2) is 0 Å². The summed E-state index contributed by atoms with van der Waals surface area (Å²) in [6, 6.07) is 0. The highest BCUT2D eigenvalue weighted by Gasteiger charge is 1.89. The van der Waals surface area contributed by atoms with Gasteiger partial charge in [-0.3, -0.25) is 0 Å². The van der Waals surface area contributed by atoms with Crippen LogP contribution in [0.15, 0.2) is 0 Å². The van der Waals surface area contributed by atoms with Crippen molar-refractivity contribution in [1.82, 2.24) is 0 Å². The lowest BCUT2D eigenvalue weighted by Crippen LogP contribution is -1.80. The van der Waals surface area contributed by atoms with Crippen LogP contribution in [0.1, 0.15) is 58.3 Å². The summed E-state index contributed by atoms with van der Waals surface area (Å²) in [4.78, 5) is 0. The van der Waals surface area contributed by atoms with Gasteiger partial charge in [-0.05, 0) is 6.42 Å². The maximum absolute atomic E-state index is 3.83. The highest BCUT2D eigenvalue weighted by atomic mass is 13.9. The Bertz CT molecular complexity index is 49.1. The lowest BCUT2D eigenvalue weighted by molar-refractivity contribution is 0.632. The third-order valence-corrected chi connectivity index (χ3v) is 1.90. The van der Waals surface area contributed by atoms with E-state index in [1.54, 1.807) is 0 Å². The van der Waals surface area contributed by atoms with Gasteiger partial charge in [0.05, 0.1) is 0 Å². The predicted molar refractivity (Wildman–Crippen MR) is 52.3 cm³/mol. The molecule has 0 bridgehead atoms. The molecule has 0 atom stereocenters. The van der Waals surface area contributed by atoms with Crippen LogP contribution >= 0.6 is 0 Å². The van der Waals surface area contributed by atoms with Crippen molar-refractivity contribution < 1.29 is 0 Å². The Balaban J connectivity index is 2.69. The molecule has 0 amide bonds. The van der Waals surface area contributed by atoms with Crippen molar-refractivity contribution in [3.63, 3.8) is 0 Å². The number of hydrogen-bond acceptors (Lipinski definition) is 0. The largest absolute Gasteiger partial charge is 0.0654 e. The van der Waals surface area contributed by atoms with Gasteiger partial charge in [0.2, 0.25) is 0 Å². The quantitative estimate of drug-likeness (QED) is 0.460. The van der Waals surface area contributed by atoms with Crippen LogP contribution in [-0.2, 0) is 0 Å². The molecular weight excluding hydrogens is 132 g/mol. The first kappa shape index (κ1) is 11.0. The van der Waals surface area contributed by atoms with E-state index in [1.165, 1.54) is 44.9 Å². The number of hydrogen-bond donors (Lipinski definition) is 0. The monoisotopic (exact) mass is 154 g/mol. The Kier molecular flexibility index (Phi) is 10.0. The van der Waals surface area contributed by atoms with E-state index in [0.29, 0.717) is 0 Å². The molecule has 66 valence electrons. The molecule has 0 heterocycles. The summed E-state index contributed by atoms with van der Waals surface area (Å²) in [5.41, 5.74) is 0.